The van der Waals surface area contributed by atoms with E-state index in [1.807, 2.05) is 6.92 Å². The van der Waals surface area contributed by atoms with Crippen molar-refractivity contribution in [3.63, 3.8) is 0 Å². The monoisotopic (exact) mass is 299 g/mol. The van der Waals surface area contributed by atoms with Crippen molar-refractivity contribution in [2.24, 2.45) is 0 Å². The quantitative estimate of drug-likeness (QED) is 0.944. The van der Waals surface area contributed by atoms with E-state index in [1.54, 1.807) is 12.3 Å². The highest BCUT2D eigenvalue weighted by Gasteiger charge is 2.30. The van der Waals surface area contributed by atoms with Gasteiger partial charge in [-0.15, -0.1) is 13.2 Å². The first-order valence-electron chi connectivity index (χ1n) is 5.97. The zero-order chi connectivity index (χ0) is 15.5. The molecule has 1 N–H and O–H groups in total. The standard InChI is InChI=1S/C13H12F3N3O2/c1-9-6-7-17-19(9)8-12(20)18-10-2-4-11(5-3-10)21-13(14,15)16/h2-7H,8H2,1H3,(H,18,20). The molecular formula is C13H12F3N3O2. The second-order valence-corrected chi connectivity index (χ2v) is 4.25. The smallest absolute Gasteiger partial charge is 0.406 e. The number of hydrogen-bond acceptors (Lipinski definition) is 3. The summed E-state index contributed by atoms with van der Waals surface area (Å²) in [6, 6.07) is 6.67. The molecule has 0 saturated carbocycles. The summed E-state index contributed by atoms with van der Waals surface area (Å²) < 4.78 is 41.2. The summed E-state index contributed by atoms with van der Waals surface area (Å²) in [6.45, 7) is 1.84. The minimum Gasteiger partial charge on any atom is -0.406 e. The Morgan fingerprint density at radius 1 is 1.29 bits per heavy atom. The van der Waals surface area contributed by atoms with Crippen LogP contribution in [0.25, 0.3) is 0 Å². The number of ether oxygens (including phenoxy) is 1. The highest BCUT2D eigenvalue weighted by Crippen LogP contribution is 2.23. The fourth-order valence-electron chi connectivity index (χ4n) is 1.64. The van der Waals surface area contributed by atoms with Crippen molar-refractivity contribution < 1.29 is 22.7 Å². The van der Waals surface area contributed by atoms with Gasteiger partial charge in [0.2, 0.25) is 5.91 Å². The number of anilines is 1. The summed E-state index contributed by atoms with van der Waals surface area (Å²) in [6.07, 6.45) is -3.16. The van der Waals surface area contributed by atoms with E-state index >= 15 is 0 Å². The summed E-state index contributed by atoms with van der Waals surface area (Å²) in [7, 11) is 0. The first-order valence-corrected chi connectivity index (χ1v) is 5.97. The third-order valence-electron chi connectivity index (χ3n) is 2.59. The normalized spacial score (nSPS) is 11.2. The minimum atomic E-state index is -4.73. The molecular weight excluding hydrogens is 287 g/mol. The number of benzene rings is 1. The molecule has 0 saturated heterocycles. The molecule has 2 aromatic rings. The van der Waals surface area contributed by atoms with Gasteiger partial charge in [0.15, 0.2) is 0 Å². The van der Waals surface area contributed by atoms with E-state index in [0.717, 1.165) is 17.8 Å². The first kappa shape index (κ1) is 14.9. The molecule has 0 fully saturated rings. The number of nitrogens with zero attached hydrogens (tertiary/aromatic N) is 2. The van der Waals surface area contributed by atoms with Crippen molar-refractivity contribution in [2.75, 3.05) is 5.32 Å². The second kappa shape index (κ2) is 5.86. The Morgan fingerprint density at radius 2 is 1.95 bits per heavy atom. The number of carbonyl (C=O) groups excluding carboxylic acids is 1. The maximum Gasteiger partial charge on any atom is 0.573 e. The third-order valence-corrected chi connectivity index (χ3v) is 2.59. The lowest BCUT2D eigenvalue weighted by Gasteiger charge is -2.10. The Morgan fingerprint density at radius 3 is 2.48 bits per heavy atom. The Hall–Kier alpha value is -2.51. The Balaban J connectivity index is 1.94. The molecule has 1 aromatic heterocycles. The van der Waals surface area contributed by atoms with Gasteiger partial charge in [0.05, 0.1) is 0 Å². The lowest BCUT2D eigenvalue weighted by atomic mass is 10.3. The van der Waals surface area contributed by atoms with Crippen LogP contribution in [0.5, 0.6) is 5.75 Å². The first-order chi connectivity index (χ1) is 9.83. The van der Waals surface area contributed by atoms with Gasteiger partial charge in [-0.3, -0.25) is 9.48 Å². The van der Waals surface area contributed by atoms with E-state index < -0.39 is 6.36 Å². The molecule has 0 aliphatic heterocycles. The van der Waals surface area contributed by atoms with E-state index in [1.165, 1.54) is 16.8 Å². The summed E-state index contributed by atoms with van der Waals surface area (Å²) in [5.41, 5.74) is 1.21. The van der Waals surface area contributed by atoms with Crippen LogP contribution in [0.4, 0.5) is 18.9 Å². The SMILES string of the molecule is Cc1ccnn1CC(=O)Nc1ccc(OC(F)(F)F)cc1. The highest BCUT2D eigenvalue weighted by atomic mass is 19.4. The number of aromatic nitrogens is 2. The van der Waals surface area contributed by atoms with E-state index in [2.05, 4.69) is 15.2 Å². The van der Waals surface area contributed by atoms with Gasteiger partial charge in [-0.1, -0.05) is 0 Å². The van der Waals surface area contributed by atoms with Gasteiger partial charge in [0.25, 0.3) is 0 Å². The molecule has 1 heterocycles. The molecule has 1 amide bonds. The molecule has 0 bridgehead atoms. The van der Waals surface area contributed by atoms with Crippen LogP contribution in [0.1, 0.15) is 5.69 Å². The van der Waals surface area contributed by atoms with E-state index in [0.29, 0.717) is 5.69 Å². The van der Waals surface area contributed by atoms with Gasteiger partial charge >= 0.3 is 6.36 Å². The fraction of sp³-hybridized carbons (Fsp3) is 0.231. The molecule has 0 unspecified atom stereocenters. The molecule has 0 aliphatic carbocycles. The van der Waals surface area contributed by atoms with Crippen molar-refractivity contribution in [3.05, 3.63) is 42.2 Å². The van der Waals surface area contributed by atoms with Crippen molar-refractivity contribution in [1.29, 1.82) is 0 Å². The summed E-state index contributed by atoms with van der Waals surface area (Å²) in [5.74, 6) is -0.672. The predicted octanol–water partition coefficient (Wildman–Crippen LogP) is 2.73. The second-order valence-electron chi connectivity index (χ2n) is 4.25. The molecule has 5 nitrogen and oxygen atoms in total. The predicted molar refractivity (Wildman–Crippen MR) is 68.7 cm³/mol. The van der Waals surface area contributed by atoms with Crippen LogP contribution in [0, 0.1) is 6.92 Å². The maximum atomic E-state index is 12.0. The number of rotatable bonds is 4. The van der Waals surface area contributed by atoms with Gasteiger partial charge in [-0.25, -0.2) is 0 Å². The number of aryl methyl sites for hydroxylation is 1. The van der Waals surface area contributed by atoms with Crippen LogP contribution in [0.3, 0.4) is 0 Å². The Bertz CT molecular complexity index is 620. The average Bonchev–Trinajstić information content (AvgIpc) is 2.76. The number of amides is 1. The molecule has 0 atom stereocenters. The molecule has 2 rings (SSSR count). The molecule has 0 spiro atoms. The molecule has 112 valence electrons. The van der Waals surface area contributed by atoms with Gasteiger partial charge in [0, 0.05) is 17.6 Å². The van der Waals surface area contributed by atoms with Crippen LogP contribution in [-0.4, -0.2) is 22.1 Å². The molecule has 21 heavy (non-hydrogen) atoms. The van der Waals surface area contributed by atoms with Gasteiger partial charge in [0.1, 0.15) is 12.3 Å². The number of hydrogen-bond donors (Lipinski definition) is 1. The van der Waals surface area contributed by atoms with E-state index in [4.69, 9.17) is 0 Å². The van der Waals surface area contributed by atoms with Crippen molar-refractivity contribution in [3.8, 4) is 5.75 Å². The molecule has 0 aliphatic rings. The number of halogens is 3. The van der Waals surface area contributed by atoms with E-state index in [-0.39, 0.29) is 18.2 Å². The Labute approximate surface area is 118 Å². The number of carbonyl (C=O) groups is 1. The van der Waals surface area contributed by atoms with E-state index in [9.17, 15) is 18.0 Å². The highest BCUT2D eigenvalue weighted by molar-refractivity contribution is 5.90. The molecule has 1 aromatic carbocycles. The van der Waals surface area contributed by atoms with Crippen molar-refractivity contribution >= 4 is 11.6 Å². The largest absolute Gasteiger partial charge is 0.573 e. The van der Waals surface area contributed by atoms with Gasteiger partial charge in [-0.05, 0) is 37.3 Å². The third kappa shape index (κ3) is 4.51. The number of alkyl halides is 3. The number of nitrogens with one attached hydrogen (secondary N) is 1. The maximum absolute atomic E-state index is 12.0. The van der Waals surface area contributed by atoms with Crippen LogP contribution in [0.15, 0.2) is 36.5 Å². The minimum absolute atomic E-state index is 0.0274. The van der Waals surface area contributed by atoms with Crippen LogP contribution in [0.2, 0.25) is 0 Å². The van der Waals surface area contributed by atoms with Crippen LogP contribution >= 0.6 is 0 Å². The zero-order valence-corrected chi connectivity index (χ0v) is 11.0. The fourth-order valence-corrected chi connectivity index (χ4v) is 1.64. The van der Waals surface area contributed by atoms with Gasteiger partial charge < -0.3 is 10.1 Å². The summed E-state index contributed by atoms with van der Waals surface area (Å²) in [5, 5.41) is 6.52. The lowest BCUT2D eigenvalue weighted by Crippen LogP contribution is -2.20. The van der Waals surface area contributed by atoms with Gasteiger partial charge in [-0.2, -0.15) is 5.10 Å². The van der Waals surface area contributed by atoms with Crippen molar-refractivity contribution in [1.82, 2.24) is 9.78 Å². The molecule has 0 radical (unpaired) electrons. The zero-order valence-electron chi connectivity index (χ0n) is 11.0. The van der Waals surface area contributed by atoms with Crippen LogP contribution < -0.4 is 10.1 Å². The topological polar surface area (TPSA) is 56.2 Å². The molecule has 8 heteroatoms. The Kier molecular flexibility index (Phi) is 4.15. The summed E-state index contributed by atoms with van der Waals surface area (Å²) in [4.78, 5) is 11.8. The lowest BCUT2D eigenvalue weighted by molar-refractivity contribution is -0.274. The average molecular weight is 299 g/mol. The summed E-state index contributed by atoms with van der Waals surface area (Å²) >= 11 is 0. The van der Waals surface area contributed by atoms with Crippen LogP contribution in [-0.2, 0) is 11.3 Å². The van der Waals surface area contributed by atoms with Crippen molar-refractivity contribution in [2.45, 2.75) is 19.8 Å².